The number of piperazine rings is 1. The lowest BCUT2D eigenvalue weighted by Gasteiger charge is -2.36. The molecule has 0 bridgehead atoms. The van der Waals surface area contributed by atoms with Crippen molar-refractivity contribution in [3.8, 4) is 0 Å². The summed E-state index contributed by atoms with van der Waals surface area (Å²) in [6, 6.07) is 11.2. The van der Waals surface area contributed by atoms with E-state index in [1.54, 1.807) is 6.07 Å². The first-order chi connectivity index (χ1) is 17.5. The molecule has 3 aromatic rings. The summed E-state index contributed by atoms with van der Waals surface area (Å²) in [7, 11) is 0. The molecule has 0 unspecified atom stereocenters. The van der Waals surface area contributed by atoms with Crippen molar-refractivity contribution >= 4 is 33.0 Å². The van der Waals surface area contributed by atoms with Gasteiger partial charge >= 0.3 is 12.5 Å². The minimum atomic E-state index is -4.81. The summed E-state index contributed by atoms with van der Waals surface area (Å²) in [6.45, 7) is 1.16. The van der Waals surface area contributed by atoms with Crippen molar-refractivity contribution in [1.82, 2.24) is 9.80 Å². The van der Waals surface area contributed by atoms with Gasteiger partial charge in [0.1, 0.15) is 10.7 Å². The number of carbonyl (C=O) groups is 1. The standard InChI is InChI=1S/C25H24F7N3OS/c26-18-9-6-10-19-20(18)21(22(37-19)24(27,28)29)34-15-13-33(14-16-34)11-4-5-12-35(25(30,31)32)23(36)17-7-2-1-3-8-17/h1-3,6-10H,4-5,11-16H2. The van der Waals surface area contributed by atoms with Crippen LogP contribution < -0.4 is 4.90 Å². The summed E-state index contributed by atoms with van der Waals surface area (Å²) in [5, 5.41) is -0.0383. The van der Waals surface area contributed by atoms with Gasteiger partial charge in [0.2, 0.25) is 0 Å². The number of alkyl halides is 6. The van der Waals surface area contributed by atoms with Crippen molar-refractivity contribution in [3.63, 3.8) is 0 Å². The van der Waals surface area contributed by atoms with Gasteiger partial charge in [0.15, 0.2) is 0 Å². The molecule has 0 saturated carbocycles. The summed E-state index contributed by atoms with van der Waals surface area (Å²) in [6.07, 6.45) is -8.95. The fourth-order valence-corrected chi connectivity index (χ4v) is 5.57. The number of unbranched alkanes of at least 4 members (excludes halogenated alkanes) is 1. The van der Waals surface area contributed by atoms with Crippen LogP contribution >= 0.6 is 11.3 Å². The van der Waals surface area contributed by atoms with Gasteiger partial charge in [-0.3, -0.25) is 9.69 Å². The molecule has 1 aromatic heterocycles. The van der Waals surface area contributed by atoms with Gasteiger partial charge in [0.25, 0.3) is 5.91 Å². The SMILES string of the molecule is O=C(c1ccccc1)N(CCCCN1CCN(c2c(C(F)(F)F)sc3cccc(F)c23)CC1)C(F)(F)F. The summed E-state index contributed by atoms with van der Waals surface area (Å²) in [5.74, 6) is -1.82. The van der Waals surface area contributed by atoms with Crippen LogP contribution in [0.2, 0.25) is 0 Å². The summed E-state index contributed by atoms with van der Waals surface area (Å²) in [4.78, 5) is 14.9. The monoisotopic (exact) mass is 547 g/mol. The number of amides is 1. The average Bonchev–Trinajstić information content (AvgIpc) is 3.25. The molecule has 12 heteroatoms. The predicted octanol–water partition coefficient (Wildman–Crippen LogP) is 6.62. The molecule has 4 nitrogen and oxygen atoms in total. The third kappa shape index (κ3) is 6.18. The number of nitrogens with zero attached hydrogens (tertiary/aromatic N) is 3. The van der Waals surface area contributed by atoms with E-state index in [9.17, 15) is 35.5 Å². The molecule has 200 valence electrons. The van der Waals surface area contributed by atoms with E-state index in [4.69, 9.17) is 0 Å². The maximum Gasteiger partial charge on any atom is 0.487 e. The van der Waals surface area contributed by atoms with Crippen LogP contribution in [0.3, 0.4) is 0 Å². The van der Waals surface area contributed by atoms with Gasteiger partial charge in [0.05, 0.1) is 11.1 Å². The Bertz CT molecular complexity index is 1220. The van der Waals surface area contributed by atoms with E-state index in [2.05, 4.69) is 0 Å². The van der Waals surface area contributed by atoms with Crippen molar-refractivity contribution in [1.29, 1.82) is 0 Å². The van der Waals surface area contributed by atoms with E-state index < -0.39 is 35.6 Å². The second-order valence-electron chi connectivity index (χ2n) is 8.72. The molecular formula is C25H24F7N3OS. The fraction of sp³-hybridized carbons (Fsp3) is 0.400. The van der Waals surface area contributed by atoms with E-state index in [1.165, 1.54) is 41.3 Å². The molecule has 0 N–H and O–H groups in total. The Morgan fingerprint density at radius 3 is 2.19 bits per heavy atom. The Morgan fingerprint density at radius 2 is 1.57 bits per heavy atom. The molecule has 4 rings (SSSR count). The molecule has 1 aliphatic rings. The Labute approximate surface area is 212 Å². The number of hydrogen-bond donors (Lipinski definition) is 0. The highest BCUT2D eigenvalue weighted by molar-refractivity contribution is 7.19. The van der Waals surface area contributed by atoms with Crippen LogP contribution in [0.1, 0.15) is 28.1 Å². The second kappa shape index (κ2) is 10.9. The highest BCUT2D eigenvalue weighted by atomic mass is 32.1. The number of anilines is 1. The number of thiophene rings is 1. The van der Waals surface area contributed by atoms with Crippen LogP contribution in [-0.2, 0) is 6.18 Å². The first-order valence-electron chi connectivity index (χ1n) is 11.7. The first kappa shape index (κ1) is 27.2. The molecule has 0 atom stereocenters. The van der Waals surface area contributed by atoms with Crippen LogP contribution in [0, 0.1) is 5.82 Å². The third-order valence-electron chi connectivity index (χ3n) is 6.26. The van der Waals surface area contributed by atoms with E-state index in [0.717, 1.165) is 6.07 Å². The molecule has 0 radical (unpaired) electrons. The van der Waals surface area contributed by atoms with Gasteiger partial charge in [-0.1, -0.05) is 24.3 Å². The van der Waals surface area contributed by atoms with E-state index in [1.807, 2.05) is 4.90 Å². The highest BCUT2D eigenvalue weighted by Crippen LogP contribution is 2.48. The summed E-state index contributed by atoms with van der Waals surface area (Å²) >= 11 is 0.517. The minimum Gasteiger partial charge on any atom is -0.367 e. The lowest BCUT2D eigenvalue weighted by Crippen LogP contribution is -2.47. The number of benzene rings is 2. The molecule has 2 aromatic carbocycles. The lowest BCUT2D eigenvalue weighted by atomic mass is 10.1. The van der Waals surface area contributed by atoms with Gasteiger partial charge in [0, 0.05) is 43.0 Å². The van der Waals surface area contributed by atoms with Crippen LogP contribution in [0.25, 0.3) is 10.1 Å². The van der Waals surface area contributed by atoms with Crippen molar-refractivity contribution in [2.75, 3.05) is 44.2 Å². The fourth-order valence-electron chi connectivity index (χ4n) is 4.47. The topological polar surface area (TPSA) is 26.8 Å². The number of carbonyl (C=O) groups excluding carboxylic acids is 1. The average molecular weight is 548 g/mol. The van der Waals surface area contributed by atoms with Gasteiger partial charge in [-0.25, -0.2) is 9.29 Å². The molecule has 1 saturated heterocycles. The van der Waals surface area contributed by atoms with Crippen LogP contribution in [0.5, 0.6) is 0 Å². The Hall–Kier alpha value is -2.86. The van der Waals surface area contributed by atoms with Crippen molar-refractivity contribution in [2.45, 2.75) is 25.3 Å². The van der Waals surface area contributed by atoms with E-state index >= 15 is 0 Å². The van der Waals surface area contributed by atoms with Crippen molar-refractivity contribution < 1.29 is 35.5 Å². The van der Waals surface area contributed by atoms with Crippen LogP contribution in [0.4, 0.5) is 36.4 Å². The quantitative estimate of drug-likeness (QED) is 0.189. The van der Waals surface area contributed by atoms with Crippen LogP contribution in [0.15, 0.2) is 48.5 Å². The molecule has 1 amide bonds. The Kier molecular flexibility index (Phi) is 7.98. The summed E-state index contributed by atoms with van der Waals surface area (Å²) in [5.41, 5.74) is -0.197. The largest absolute Gasteiger partial charge is 0.487 e. The first-order valence-corrected chi connectivity index (χ1v) is 12.5. The maximum absolute atomic E-state index is 14.5. The predicted molar refractivity (Wildman–Crippen MR) is 128 cm³/mol. The Morgan fingerprint density at radius 1 is 0.892 bits per heavy atom. The zero-order valence-electron chi connectivity index (χ0n) is 19.6. The number of fused-ring (bicyclic) bond motifs is 1. The number of rotatable bonds is 7. The minimum absolute atomic E-state index is 0.0383. The molecule has 37 heavy (non-hydrogen) atoms. The molecule has 1 aliphatic heterocycles. The molecule has 2 heterocycles. The van der Waals surface area contributed by atoms with Gasteiger partial charge < -0.3 is 4.90 Å². The zero-order valence-corrected chi connectivity index (χ0v) is 20.4. The highest BCUT2D eigenvalue weighted by Gasteiger charge is 2.41. The lowest BCUT2D eigenvalue weighted by molar-refractivity contribution is -0.224. The normalized spacial score (nSPS) is 15.4. The molecular weight excluding hydrogens is 523 g/mol. The molecule has 0 aliphatic carbocycles. The maximum atomic E-state index is 14.5. The van der Waals surface area contributed by atoms with Gasteiger partial charge in [-0.15, -0.1) is 24.5 Å². The molecule has 1 fully saturated rings. The van der Waals surface area contributed by atoms with Gasteiger partial charge in [-0.2, -0.15) is 13.2 Å². The summed E-state index contributed by atoms with van der Waals surface area (Å²) < 4.78 is 96.2. The van der Waals surface area contributed by atoms with E-state index in [0.29, 0.717) is 37.4 Å². The van der Waals surface area contributed by atoms with E-state index in [-0.39, 0.29) is 45.7 Å². The third-order valence-corrected chi connectivity index (χ3v) is 7.45. The molecule has 0 spiro atoms. The zero-order chi connectivity index (χ0) is 26.8. The van der Waals surface area contributed by atoms with Crippen molar-refractivity contribution in [3.05, 3.63) is 64.8 Å². The number of hydrogen-bond acceptors (Lipinski definition) is 4. The second-order valence-corrected chi connectivity index (χ2v) is 9.77. The smallest absolute Gasteiger partial charge is 0.367 e. The van der Waals surface area contributed by atoms with Crippen molar-refractivity contribution in [2.24, 2.45) is 0 Å². The van der Waals surface area contributed by atoms with Gasteiger partial charge in [-0.05, 0) is 43.7 Å². The van der Waals surface area contributed by atoms with Crippen LogP contribution in [-0.4, -0.2) is 61.3 Å². The Balaban J connectivity index is 1.34. The number of halogens is 7.